The fourth-order valence-electron chi connectivity index (χ4n) is 2.70. The van der Waals surface area contributed by atoms with Gasteiger partial charge in [-0.1, -0.05) is 54.2 Å². The van der Waals surface area contributed by atoms with E-state index in [0.29, 0.717) is 6.61 Å². The second-order valence-electron chi connectivity index (χ2n) is 6.49. The molecule has 0 spiro atoms. The van der Waals surface area contributed by atoms with Crippen molar-refractivity contribution in [2.45, 2.75) is 10.9 Å². The van der Waals surface area contributed by atoms with E-state index in [4.69, 9.17) is 4.74 Å². The van der Waals surface area contributed by atoms with E-state index in [1.54, 1.807) is 17.6 Å². The number of benzene rings is 3. The van der Waals surface area contributed by atoms with Crippen molar-refractivity contribution < 1.29 is 9.53 Å². The van der Waals surface area contributed by atoms with E-state index in [-0.39, 0.29) is 11.7 Å². The molecular weight excluding hydrogens is 494 g/mol. The first kappa shape index (κ1) is 21.5. The summed E-state index contributed by atoms with van der Waals surface area (Å²) < 4.78 is 8.66. The maximum atomic E-state index is 12.1. The van der Waals surface area contributed by atoms with E-state index in [2.05, 4.69) is 31.4 Å². The van der Waals surface area contributed by atoms with Crippen molar-refractivity contribution in [2.75, 3.05) is 5.75 Å². The summed E-state index contributed by atoms with van der Waals surface area (Å²) in [5, 5.41) is 4.04. The molecule has 4 rings (SSSR count). The number of aromatic nitrogens is 1. The largest absolute Gasteiger partial charge is 0.488 e. The van der Waals surface area contributed by atoms with Crippen LogP contribution in [0.5, 0.6) is 5.75 Å². The smallest absolute Gasteiger partial charge is 0.250 e. The number of carbonyl (C=O) groups is 1. The van der Waals surface area contributed by atoms with Crippen LogP contribution in [-0.4, -0.2) is 22.9 Å². The van der Waals surface area contributed by atoms with Gasteiger partial charge in [0, 0.05) is 0 Å². The van der Waals surface area contributed by atoms with Gasteiger partial charge in [-0.2, -0.15) is 5.10 Å². The fourth-order valence-corrected chi connectivity index (χ4v) is 5.07. The predicted molar refractivity (Wildman–Crippen MR) is 131 cm³/mol. The summed E-state index contributed by atoms with van der Waals surface area (Å²) in [6, 6.07) is 23.6. The second kappa shape index (κ2) is 10.6. The lowest BCUT2D eigenvalue weighted by Gasteiger charge is -2.08. The van der Waals surface area contributed by atoms with E-state index in [9.17, 15) is 4.79 Å². The molecule has 5 nitrogen and oxygen atoms in total. The van der Waals surface area contributed by atoms with Gasteiger partial charge in [-0.25, -0.2) is 10.4 Å². The molecule has 0 aliphatic heterocycles. The lowest BCUT2D eigenvalue weighted by atomic mass is 10.2. The normalized spacial score (nSPS) is 11.1. The van der Waals surface area contributed by atoms with Crippen molar-refractivity contribution in [2.24, 2.45) is 5.10 Å². The van der Waals surface area contributed by atoms with Gasteiger partial charge in [0.05, 0.1) is 26.7 Å². The molecule has 0 aliphatic rings. The Kier molecular flexibility index (Phi) is 7.35. The highest BCUT2D eigenvalue weighted by atomic mass is 79.9. The fraction of sp³-hybridized carbons (Fsp3) is 0.0870. The number of hydrogen-bond acceptors (Lipinski definition) is 6. The van der Waals surface area contributed by atoms with Crippen LogP contribution in [0, 0.1) is 0 Å². The highest BCUT2D eigenvalue weighted by Crippen LogP contribution is 2.29. The van der Waals surface area contributed by atoms with Gasteiger partial charge in [-0.05, 0) is 57.4 Å². The third kappa shape index (κ3) is 6.16. The molecule has 8 heteroatoms. The Bertz CT molecular complexity index is 1180. The average molecular weight is 512 g/mol. The third-order valence-corrected chi connectivity index (χ3v) is 7.00. The summed E-state index contributed by atoms with van der Waals surface area (Å²) in [6.07, 6.45) is 1.60. The molecule has 1 aromatic heterocycles. The Labute approximate surface area is 196 Å². The summed E-state index contributed by atoms with van der Waals surface area (Å²) in [4.78, 5) is 16.6. The highest BCUT2D eigenvalue weighted by molar-refractivity contribution is 9.10. The van der Waals surface area contributed by atoms with Crippen LogP contribution in [0.4, 0.5) is 0 Å². The van der Waals surface area contributed by atoms with E-state index in [0.717, 1.165) is 35.9 Å². The third-order valence-electron chi connectivity index (χ3n) is 4.20. The second-order valence-corrected chi connectivity index (χ2v) is 9.60. The Morgan fingerprint density at radius 3 is 2.74 bits per heavy atom. The number of para-hydroxylation sites is 1. The zero-order valence-corrected chi connectivity index (χ0v) is 19.5. The topological polar surface area (TPSA) is 63.6 Å². The number of hydrazone groups is 1. The average Bonchev–Trinajstić information content (AvgIpc) is 3.21. The first-order valence-corrected chi connectivity index (χ1v) is 12.0. The monoisotopic (exact) mass is 511 g/mol. The number of amides is 1. The number of halogens is 1. The van der Waals surface area contributed by atoms with Crippen LogP contribution in [0.25, 0.3) is 10.2 Å². The van der Waals surface area contributed by atoms with Crippen molar-refractivity contribution >= 4 is 61.4 Å². The Morgan fingerprint density at radius 2 is 1.94 bits per heavy atom. The van der Waals surface area contributed by atoms with E-state index < -0.39 is 0 Å². The van der Waals surface area contributed by atoms with Crippen molar-refractivity contribution in [1.29, 1.82) is 0 Å². The Morgan fingerprint density at radius 1 is 1.13 bits per heavy atom. The Balaban J connectivity index is 1.26. The standard InChI is InChI=1S/C23H18BrN3O2S2/c24-18-12-17(10-11-20(18)29-14-16-6-2-1-3-7-16)13-25-27-22(28)15-30-23-26-19-8-4-5-9-21(19)31-23/h1-13H,14-15H2,(H,27,28)/b25-13-. The number of ether oxygens (including phenoxy) is 1. The molecule has 1 amide bonds. The summed E-state index contributed by atoms with van der Waals surface area (Å²) in [6.45, 7) is 0.495. The van der Waals surface area contributed by atoms with Gasteiger partial charge in [0.2, 0.25) is 0 Å². The van der Waals surface area contributed by atoms with Crippen LogP contribution in [0.15, 0.2) is 86.7 Å². The van der Waals surface area contributed by atoms with Gasteiger partial charge >= 0.3 is 0 Å². The molecule has 0 unspecified atom stereocenters. The minimum Gasteiger partial charge on any atom is -0.488 e. The van der Waals surface area contributed by atoms with Crippen molar-refractivity contribution in [3.63, 3.8) is 0 Å². The molecule has 0 radical (unpaired) electrons. The Hall–Kier alpha value is -2.68. The van der Waals surface area contributed by atoms with Crippen molar-refractivity contribution in [3.8, 4) is 5.75 Å². The van der Waals surface area contributed by atoms with Crippen LogP contribution in [0.1, 0.15) is 11.1 Å². The minimum atomic E-state index is -0.178. The summed E-state index contributed by atoms with van der Waals surface area (Å²) >= 11 is 6.51. The number of thioether (sulfide) groups is 1. The van der Waals surface area contributed by atoms with Crippen LogP contribution < -0.4 is 10.2 Å². The summed E-state index contributed by atoms with van der Waals surface area (Å²) in [5.41, 5.74) is 5.46. The molecule has 156 valence electrons. The number of rotatable bonds is 8. The van der Waals surface area contributed by atoms with Gasteiger partial charge in [-0.15, -0.1) is 11.3 Å². The number of nitrogens with one attached hydrogen (secondary N) is 1. The van der Waals surface area contributed by atoms with Crippen molar-refractivity contribution in [1.82, 2.24) is 10.4 Å². The first-order chi connectivity index (χ1) is 15.2. The van der Waals surface area contributed by atoms with Gasteiger partial charge in [0.1, 0.15) is 12.4 Å². The van der Waals surface area contributed by atoms with Crippen LogP contribution in [0.2, 0.25) is 0 Å². The molecular formula is C23H18BrN3O2S2. The molecule has 3 aromatic carbocycles. The summed E-state index contributed by atoms with van der Waals surface area (Å²) in [5.74, 6) is 0.826. The lowest BCUT2D eigenvalue weighted by Crippen LogP contribution is -2.19. The quantitative estimate of drug-likeness (QED) is 0.182. The van der Waals surface area contributed by atoms with E-state index >= 15 is 0 Å². The summed E-state index contributed by atoms with van der Waals surface area (Å²) in [7, 11) is 0. The molecule has 31 heavy (non-hydrogen) atoms. The predicted octanol–water partition coefficient (Wildman–Crippen LogP) is 5.88. The first-order valence-electron chi connectivity index (χ1n) is 9.44. The number of thiazole rings is 1. The molecule has 0 saturated carbocycles. The highest BCUT2D eigenvalue weighted by Gasteiger charge is 2.07. The molecule has 0 atom stereocenters. The van der Waals surface area contributed by atoms with Crippen LogP contribution in [0.3, 0.4) is 0 Å². The van der Waals surface area contributed by atoms with Gasteiger partial charge in [-0.3, -0.25) is 4.79 Å². The van der Waals surface area contributed by atoms with E-state index in [1.165, 1.54) is 11.8 Å². The molecule has 4 aromatic rings. The molecule has 0 fully saturated rings. The SMILES string of the molecule is O=C(CSc1nc2ccccc2s1)N/N=C\c1ccc(OCc2ccccc2)c(Br)c1. The van der Waals surface area contributed by atoms with Gasteiger partial charge < -0.3 is 4.74 Å². The van der Waals surface area contributed by atoms with Crippen LogP contribution in [-0.2, 0) is 11.4 Å². The van der Waals surface area contributed by atoms with E-state index in [1.807, 2.05) is 72.8 Å². The number of fused-ring (bicyclic) bond motifs is 1. The number of hydrogen-bond donors (Lipinski definition) is 1. The van der Waals surface area contributed by atoms with Gasteiger partial charge in [0.25, 0.3) is 5.91 Å². The number of carbonyl (C=O) groups excluding carboxylic acids is 1. The molecule has 0 bridgehead atoms. The van der Waals surface area contributed by atoms with Crippen LogP contribution >= 0.6 is 39.0 Å². The maximum absolute atomic E-state index is 12.1. The molecule has 0 saturated heterocycles. The zero-order valence-electron chi connectivity index (χ0n) is 16.3. The molecule has 1 heterocycles. The molecule has 1 N–H and O–H groups in total. The zero-order chi connectivity index (χ0) is 21.5. The minimum absolute atomic E-state index is 0.178. The van der Waals surface area contributed by atoms with Gasteiger partial charge in [0.15, 0.2) is 4.34 Å². The number of nitrogens with zero attached hydrogens (tertiary/aromatic N) is 2. The van der Waals surface area contributed by atoms with Crippen molar-refractivity contribution in [3.05, 3.63) is 88.4 Å². The molecule has 0 aliphatic carbocycles. The maximum Gasteiger partial charge on any atom is 0.250 e. The lowest BCUT2D eigenvalue weighted by molar-refractivity contribution is -0.118.